The van der Waals surface area contributed by atoms with E-state index in [4.69, 9.17) is 0 Å². The van der Waals surface area contributed by atoms with Crippen molar-refractivity contribution >= 4 is 40.0 Å². The summed E-state index contributed by atoms with van der Waals surface area (Å²) >= 11 is 1.49. The highest BCUT2D eigenvalue weighted by molar-refractivity contribution is 7.17. The number of rotatable bonds is 4. The summed E-state index contributed by atoms with van der Waals surface area (Å²) in [6.45, 7) is 4.10. The third-order valence-electron chi connectivity index (χ3n) is 5.29. The number of thiazole rings is 1. The quantitative estimate of drug-likeness (QED) is 0.499. The summed E-state index contributed by atoms with van der Waals surface area (Å²) in [5.74, 6) is -1.03. The van der Waals surface area contributed by atoms with Crippen molar-refractivity contribution in [3.63, 3.8) is 0 Å². The maximum absolute atomic E-state index is 12.8. The van der Waals surface area contributed by atoms with Crippen molar-refractivity contribution < 1.29 is 14.4 Å². The highest BCUT2D eigenvalue weighted by Crippen LogP contribution is 2.26. The summed E-state index contributed by atoms with van der Waals surface area (Å²) < 4.78 is 1.68. The molecule has 0 saturated carbocycles. The molecular weight excluding hydrogens is 414 g/mol. The minimum Gasteiger partial charge on any atom is -0.289 e. The first kappa shape index (κ1) is 19.1. The number of carbonyl (C=O) groups excluding carboxylic acids is 3. The molecule has 8 nitrogen and oxygen atoms in total. The van der Waals surface area contributed by atoms with Crippen molar-refractivity contribution in [3.05, 3.63) is 81.4 Å². The molecule has 31 heavy (non-hydrogen) atoms. The van der Waals surface area contributed by atoms with Crippen LogP contribution >= 0.6 is 11.3 Å². The van der Waals surface area contributed by atoms with Gasteiger partial charge in [-0.3, -0.25) is 24.6 Å². The van der Waals surface area contributed by atoms with Crippen LogP contribution in [0.2, 0.25) is 0 Å². The third kappa shape index (κ3) is 3.19. The lowest BCUT2D eigenvalue weighted by molar-refractivity contribution is 0.0642. The van der Waals surface area contributed by atoms with Gasteiger partial charge in [0.15, 0.2) is 0 Å². The Hall–Kier alpha value is -3.85. The second-order valence-electron chi connectivity index (χ2n) is 7.27. The molecular formula is C22H17N5O3S. The van der Waals surface area contributed by atoms with E-state index < -0.39 is 11.8 Å². The summed E-state index contributed by atoms with van der Waals surface area (Å²) in [4.78, 5) is 45.6. The number of anilines is 1. The van der Waals surface area contributed by atoms with E-state index in [1.54, 1.807) is 4.52 Å². The normalized spacial score (nSPS) is 13.2. The zero-order valence-corrected chi connectivity index (χ0v) is 17.6. The summed E-state index contributed by atoms with van der Waals surface area (Å²) in [6.07, 6.45) is 0. The first-order valence-electron chi connectivity index (χ1n) is 9.60. The number of hydrogen-bond donors (Lipinski definition) is 1. The predicted octanol–water partition coefficient (Wildman–Crippen LogP) is 3.46. The lowest BCUT2D eigenvalue weighted by atomic mass is 10.1. The Kier molecular flexibility index (Phi) is 4.40. The number of carbonyl (C=O) groups is 3. The average Bonchev–Trinajstić information content (AvgIpc) is 3.36. The summed E-state index contributed by atoms with van der Waals surface area (Å²) in [6, 6.07) is 13.8. The van der Waals surface area contributed by atoms with Crippen LogP contribution in [0.4, 0.5) is 5.95 Å². The van der Waals surface area contributed by atoms with Gasteiger partial charge in [-0.1, -0.05) is 41.7 Å². The molecule has 0 bridgehead atoms. The van der Waals surface area contributed by atoms with Gasteiger partial charge in [0.25, 0.3) is 23.7 Å². The maximum Gasteiger partial charge on any atom is 0.261 e. The van der Waals surface area contributed by atoms with E-state index >= 15 is 0 Å². The van der Waals surface area contributed by atoms with Crippen LogP contribution in [0.25, 0.3) is 4.96 Å². The molecule has 2 aromatic heterocycles. The third-order valence-corrected chi connectivity index (χ3v) is 6.34. The van der Waals surface area contributed by atoms with Crippen LogP contribution in [0.15, 0.2) is 48.5 Å². The van der Waals surface area contributed by atoms with Crippen LogP contribution in [0.1, 0.15) is 47.2 Å². The van der Waals surface area contributed by atoms with Crippen molar-refractivity contribution in [2.24, 2.45) is 0 Å². The zero-order chi connectivity index (χ0) is 21.7. The van der Waals surface area contributed by atoms with Crippen molar-refractivity contribution in [2.75, 3.05) is 5.32 Å². The van der Waals surface area contributed by atoms with Crippen LogP contribution in [-0.4, -0.2) is 37.2 Å². The van der Waals surface area contributed by atoms with E-state index in [-0.39, 0.29) is 29.5 Å². The van der Waals surface area contributed by atoms with Crippen LogP contribution in [0, 0.1) is 13.8 Å². The molecule has 5 rings (SSSR count). The maximum atomic E-state index is 12.8. The van der Waals surface area contributed by atoms with Gasteiger partial charge in [0, 0.05) is 10.4 Å². The Morgan fingerprint density at radius 3 is 2.52 bits per heavy atom. The lowest BCUT2D eigenvalue weighted by Gasteiger charge is -2.13. The number of aryl methyl sites for hydroxylation is 2. The number of hydrogen-bond acceptors (Lipinski definition) is 6. The molecule has 0 atom stereocenters. The number of nitrogens with one attached hydrogen (secondary N) is 1. The summed E-state index contributed by atoms with van der Waals surface area (Å²) in [5.41, 5.74) is 2.59. The van der Waals surface area contributed by atoms with Gasteiger partial charge in [0.1, 0.15) is 0 Å². The smallest absolute Gasteiger partial charge is 0.261 e. The number of benzene rings is 2. The van der Waals surface area contributed by atoms with Crippen molar-refractivity contribution in [2.45, 2.75) is 20.4 Å². The molecule has 154 valence electrons. The fourth-order valence-electron chi connectivity index (χ4n) is 3.51. The van der Waals surface area contributed by atoms with Crippen molar-refractivity contribution in [3.8, 4) is 0 Å². The molecule has 3 heterocycles. The molecule has 0 saturated heterocycles. The predicted molar refractivity (Wildman–Crippen MR) is 115 cm³/mol. The minimum absolute atomic E-state index is 0.183. The van der Waals surface area contributed by atoms with Gasteiger partial charge in [-0.25, -0.2) is 4.52 Å². The Balaban J connectivity index is 1.38. The molecule has 0 fully saturated rings. The first-order chi connectivity index (χ1) is 14.9. The number of aromatic nitrogens is 3. The molecule has 0 unspecified atom stereocenters. The monoisotopic (exact) mass is 431 g/mol. The van der Waals surface area contributed by atoms with E-state index in [2.05, 4.69) is 15.4 Å². The largest absolute Gasteiger partial charge is 0.289 e. The summed E-state index contributed by atoms with van der Waals surface area (Å²) in [7, 11) is 0. The number of amides is 3. The number of fused-ring (bicyclic) bond motifs is 2. The van der Waals surface area contributed by atoms with E-state index in [1.165, 1.54) is 34.4 Å². The molecule has 1 aliphatic rings. The fraction of sp³-hybridized carbons (Fsp3) is 0.136. The van der Waals surface area contributed by atoms with Crippen molar-refractivity contribution in [1.29, 1.82) is 0 Å². The topological polar surface area (TPSA) is 96.7 Å². The highest BCUT2D eigenvalue weighted by atomic mass is 32.1. The van der Waals surface area contributed by atoms with Gasteiger partial charge >= 0.3 is 0 Å². The molecule has 3 amide bonds. The van der Waals surface area contributed by atoms with Gasteiger partial charge < -0.3 is 0 Å². The Labute approximate surface area is 181 Å². The average molecular weight is 431 g/mol. The van der Waals surface area contributed by atoms with Crippen molar-refractivity contribution in [1.82, 2.24) is 19.5 Å². The van der Waals surface area contributed by atoms with Crippen LogP contribution < -0.4 is 5.32 Å². The van der Waals surface area contributed by atoms with Crippen LogP contribution in [0.5, 0.6) is 0 Å². The lowest BCUT2D eigenvalue weighted by Crippen LogP contribution is -2.29. The molecule has 1 N–H and O–H groups in total. The Bertz CT molecular complexity index is 1370. The Morgan fingerprint density at radius 2 is 1.77 bits per heavy atom. The van der Waals surface area contributed by atoms with Crippen LogP contribution in [0.3, 0.4) is 0 Å². The van der Waals surface area contributed by atoms with Crippen LogP contribution in [-0.2, 0) is 6.54 Å². The van der Waals surface area contributed by atoms with E-state index in [1.807, 2.05) is 44.2 Å². The second-order valence-corrected chi connectivity index (χ2v) is 8.45. The van der Waals surface area contributed by atoms with Gasteiger partial charge in [-0.2, -0.15) is 4.98 Å². The summed E-state index contributed by atoms with van der Waals surface area (Å²) in [5, 5.41) is 6.98. The molecule has 0 spiro atoms. The van der Waals surface area contributed by atoms with Gasteiger partial charge in [0.2, 0.25) is 4.96 Å². The SMILES string of the molecule is Cc1sc2nc(NC(=O)c3ccc4c(c3)C(=O)N(Cc3ccccc3)C4=O)nn2c1C. The molecule has 9 heteroatoms. The molecule has 0 radical (unpaired) electrons. The highest BCUT2D eigenvalue weighted by Gasteiger charge is 2.36. The van der Waals surface area contributed by atoms with Gasteiger partial charge in [0.05, 0.1) is 23.4 Å². The minimum atomic E-state index is -0.447. The molecule has 2 aromatic carbocycles. The van der Waals surface area contributed by atoms with Gasteiger partial charge in [-0.05, 0) is 37.6 Å². The Morgan fingerprint density at radius 1 is 1.03 bits per heavy atom. The number of imide groups is 1. The van der Waals surface area contributed by atoms with Gasteiger partial charge in [-0.15, -0.1) is 5.10 Å². The standard InChI is InChI=1S/C22H17N5O3S/c1-12-13(2)31-22-24-21(25-27(12)22)23-18(28)15-8-9-16-17(10-15)20(30)26(19(16)29)11-14-6-4-3-5-7-14/h3-10H,11H2,1-2H3,(H,23,25,28). The zero-order valence-electron chi connectivity index (χ0n) is 16.7. The first-order valence-corrected chi connectivity index (χ1v) is 10.4. The number of nitrogens with zero attached hydrogens (tertiary/aromatic N) is 4. The second kappa shape index (κ2) is 7.13. The molecule has 4 aromatic rings. The molecule has 1 aliphatic heterocycles. The van der Waals surface area contributed by atoms with E-state index in [9.17, 15) is 14.4 Å². The van der Waals surface area contributed by atoms with E-state index in [0.29, 0.717) is 10.5 Å². The van der Waals surface area contributed by atoms with E-state index in [0.717, 1.165) is 16.1 Å². The fourth-order valence-corrected chi connectivity index (χ4v) is 4.41. The molecule has 0 aliphatic carbocycles.